The first-order valence-corrected chi connectivity index (χ1v) is 10.0. The minimum atomic E-state index is -0.151. The Hall–Kier alpha value is -0.780. The maximum absolute atomic E-state index is 6.25. The van der Waals surface area contributed by atoms with Crippen molar-refractivity contribution in [2.45, 2.75) is 110 Å². The average molecular weight is 333 g/mol. The van der Waals surface area contributed by atoms with Crippen LogP contribution in [0, 0.1) is 17.3 Å². The summed E-state index contributed by atoms with van der Waals surface area (Å²) in [6, 6.07) is 0. The lowest BCUT2D eigenvalue weighted by Crippen LogP contribution is -2.44. The van der Waals surface area contributed by atoms with Gasteiger partial charge in [-0.15, -0.1) is 0 Å². The van der Waals surface area contributed by atoms with E-state index < -0.39 is 0 Å². The zero-order valence-electron chi connectivity index (χ0n) is 16.2. The first-order chi connectivity index (χ1) is 11.5. The van der Waals surface area contributed by atoms with Crippen molar-refractivity contribution >= 4 is 0 Å². The van der Waals surface area contributed by atoms with E-state index in [2.05, 4.69) is 45.6 Å². The first-order valence-electron chi connectivity index (χ1n) is 10.0. The molecule has 0 aromatic rings. The van der Waals surface area contributed by atoms with Gasteiger partial charge in [0.15, 0.2) is 6.29 Å². The number of allylic oxidation sites excluding steroid dienone is 2. The summed E-state index contributed by atoms with van der Waals surface area (Å²) in [7, 11) is 0. The molecule has 1 fully saturated rings. The fourth-order valence-electron chi connectivity index (χ4n) is 3.32. The van der Waals surface area contributed by atoms with Crippen LogP contribution >= 0.6 is 0 Å². The Labute approximate surface area is 149 Å². The van der Waals surface area contributed by atoms with Crippen molar-refractivity contribution in [2.75, 3.05) is 0 Å². The van der Waals surface area contributed by atoms with E-state index in [9.17, 15) is 0 Å². The highest BCUT2D eigenvalue weighted by Crippen LogP contribution is 2.32. The predicted molar refractivity (Wildman–Crippen MR) is 101 cm³/mol. The molecule has 0 radical (unpaired) electrons. The van der Waals surface area contributed by atoms with Crippen molar-refractivity contribution in [3.05, 3.63) is 11.6 Å². The minimum absolute atomic E-state index is 0.00781. The Morgan fingerprint density at radius 1 is 1.12 bits per heavy atom. The number of hydrogen-bond acceptors (Lipinski definition) is 2. The predicted octanol–water partition coefficient (Wildman–Crippen LogP) is 6.01. The van der Waals surface area contributed by atoms with E-state index in [-0.39, 0.29) is 17.8 Å². The van der Waals surface area contributed by atoms with E-state index in [1.165, 1.54) is 50.5 Å². The van der Waals surface area contributed by atoms with Gasteiger partial charge < -0.3 is 9.47 Å². The van der Waals surface area contributed by atoms with Crippen LogP contribution in [0.15, 0.2) is 11.6 Å². The molecule has 2 rings (SSSR count). The van der Waals surface area contributed by atoms with Gasteiger partial charge in [0.2, 0.25) is 0 Å². The van der Waals surface area contributed by atoms with Crippen LogP contribution in [0.5, 0.6) is 0 Å². The van der Waals surface area contributed by atoms with Gasteiger partial charge in [-0.1, -0.05) is 71.3 Å². The number of ether oxygens (including phenoxy) is 2. The second-order valence-electron chi connectivity index (χ2n) is 8.41. The van der Waals surface area contributed by atoms with Crippen LogP contribution in [0.25, 0.3) is 0 Å². The van der Waals surface area contributed by atoms with Gasteiger partial charge in [-0.05, 0) is 37.7 Å². The van der Waals surface area contributed by atoms with Crippen molar-refractivity contribution in [1.82, 2.24) is 0 Å². The lowest BCUT2D eigenvalue weighted by Gasteiger charge is -2.40. The van der Waals surface area contributed by atoms with Crippen molar-refractivity contribution in [1.29, 1.82) is 0 Å². The zero-order chi connectivity index (χ0) is 17.4. The molecule has 3 atom stereocenters. The van der Waals surface area contributed by atoms with Crippen molar-refractivity contribution in [2.24, 2.45) is 5.41 Å². The molecule has 1 heterocycles. The van der Waals surface area contributed by atoms with Crippen molar-refractivity contribution < 1.29 is 9.47 Å². The molecule has 0 spiro atoms. The Balaban J connectivity index is 1.95. The Morgan fingerprint density at radius 2 is 1.96 bits per heavy atom. The highest BCUT2D eigenvalue weighted by Gasteiger charge is 2.36. The van der Waals surface area contributed by atoms with E-state index >= 15 is 0 Å². The largest absolute Gasteiger partial charge is 0.349 e. The van der Waals surface area contributed by atoms with Gasteiger partial charge in [0.1, 0.15) is 6.10 Å². The lowest BCUT2D eigenvalue weighted by molar-refractivity contribution is -0.268. The molecule has 2 aliphatic rings. The molecule has 0 saturated carbocycles. The van der Waals surface area contributed by atoms with E-state index in [0.717, 1.165) is 19.3 Å². The second kappa shape index (κ2) is 9.64. The van der Waals surface area contributed by atoms with Crippen LogP contribution in [0.1, 0.15) is 91.9 Å². The normalized spacial score (nSPS) is 28.0. The van der Waals surface area contributed by atoms with E-state index in [1.807, 2.05) is 0 Å². The van der Waals surface area contributed by atoms with Crippen LogP contribution in [-0.4, -0.2) is 18.5 Å². The molecule has 0 bridgehead atoms. The Morgan fingerprint density at radius 3 is 2.62 bits per heavy atom. The summed E-state index contributed by atoms with van der Waals surface area (Å²) >= 11 is 0. The van der Waals surface area contributed by atoms with E-state index in [0.29, 0.717) is 6.10 Å². The fourth-order valence-corrected chi connectivity index (χ4v) is 3.32. The molecule has 2 nitrogen and oxygen atoms in total. The summed E-state index contributed by atoms with van der Waals surface area (Å²) in [6.45, 7) is 8.81. The third-order valence-electron chi connectivity index (χ3n) is 4.85. The molecule has 1 aliphatic carbocycles. The molecule has 1 aliphatic heterocycles. The van der Waals surface area contributed by atoms with Gasteiger partial charge in [0.25, 0.3) is 0 Å². The molecule has 1 saturated heterocycles. The summed E-state index contributed by atoms with van der Waals surface area (Å²) in [5.74, 6) is 6.80. The third-order valence-corrected chi connectivity index (χ3v) is 4.85. The minimum Gasteiger partial charge on any atom is -0.349 e. The smallest absolute Gasteiger partial charge is 0.164 e. The molecular weight excluding hydrogens is 296 g/mol. The zero-order valence-corrected chi connectivity index (χ0v) is 16.2. The van der Waals surface area contributed by atoms with Gasteiger partial charge in [-0.2, -0.15) is 0 Å². The SMILES string of the molecule is CCCCCC[C@H]1C[C@H](C#CC2=CCCCC2)O[C@@H](C(C)(C)C)O1. The Kier molecular flexibility index (Phi) is 7.85. The van der Waals surface area contributed by atoms with Crippen LogP contribution in [0.4, 0.5) is 0 Å². The second-order valence-corrected chi connectivity index (χ2v) is 8.41. The summed E-state index contributed by atoms with van der Waals surface area (Å²) in [5.41, 5.74) is 1.30. The van der Waals surface area contributed by atoms with Crippen LogP contribution in [-0.2, 0) is 9.47 Å². The number of hydrogen-bond donors (Lipinski definition) is 0. The number of rotatable bonds is 5. The van der Waals surface area contributed by atoms with Crippen LogP contribution < -0.4 is 0 Å². The molecule has 24 heavy (non-hydrogen) atoms. The summed E-state index contributed by atoms with van der Waals surface area (Å²) in [5, 5.41) is 0. The molecule has 0 amide bonds. The molecule has 2 heteroatoms. The quantitative estimate of drug-likeness (QED) is 0.453. The summed E-state index contributed by atoms with van der Waals surface area (Å²) in [6.07, 6.45) is 14.6. The standard InChI is InChI=1S/C22H36O2/c1-5-6-7-11-14-19-17-20(24-21(23-19)22(2,3)4)16-15-18-12-9-8-10-13-18/h12,19-21H,5-11,13-14,17H2,1-4H3/t19-,20-,21-/m0/s1. The van der Waals surface area contributed by atoms with Crippen molar-refractivity contribution in [3.63, 3.8) is 0 Å². The monoisotopic (exact) mass is 332 g/mol. The average Bonchev–Trinajstić information content (AvgIpc) is 2.57. The van der Waals surface area contributed by atoms with Gasteiger partial charge >= 0.3 is 0 Å². The number of unbranched alkanes of at least 4 members (excludes halogenated alkanes) is 3. The van der Waals surface area contributed by atoms with Gasteiger partial charge in [0, 0.05) is 11.8 Å². The third kappa shape index (κ3) is 6.61. The van der Waals surface area contributed by atoms with E-state index in [1.54, 1.807) is 0 Å². The molecule has 0 unspecified atom stereocenters. The molecular formula is C22H36O2. The highest BCUT2D eigenvalue weighted by molar-refractivity contribution is 5.31. The molecule has 0 aromatic heterocycles. The van der Waals surface area contributed by atoms with Crippen LogP contribution in [0.2, 0.25) is 0 Å². The molecule has 0 N–H and O–H groups in total. The highest BCUT2D eigenvalue weighted by atomic mass is 16.7. The molecule has 0 aromatic carbocycles. The van der Waals surface area contributed by atoms with Gasteiger partial charge in [-0.25, -0.2) is 0 Å². The topological polar surface area (TPSA) is 18.5 Å². The fraction of sp³-hybridized carbons (Fsp3) is 0.818. The maximum Gasteiger partial charge on any atom is 0.164 e. The summed E-state index contributed by atoms with van der Waals surface area (Å²) in [4.78, 5) is 0. The van der Waals surface area contributed by atoms with Gasteiger partial charge in [0.05, 0.1) is 6.10 Å². The van der Waals surface area contributed by atoms with Crippen LogP contribution in [0.3, 0.4) is 0 Å². The summed E-state index contributed by atoms with van der Waals surface area (Å²) < 4.78 is 12.4. The van der Waals surface area contributed by atoms with Gasteiger partial charge in [-0.3, -0.25) is 0 Å². The first kappa shape index (κ1) is 19.5. The Bertz CT molecular complexity index is 461. The maximum atomic E-state index is 6.25. The van der Waals surface area contributed by atoms with Crippen molar-refractivity contribution in [3.8, 4) is 11.8 Å². The lowest BCUT2D eigenvalue weighted by atomic mass is 9.93. The van der Waals surface area contributed by atoms with E-state index in [4.69, 9.17) is 9.47 Å². The molecule has 136 valence electrons.